The van der Waals surface area contributed by atoms with Crippen molar-refractivity contribution < 1.29 is 13.5 Å². The van der Waals surface area contributed by atoms with Crippen molar-refractivity contribution in [2.45, 2.75) is 18.4 Å². The molecular weight excluding hydrogens is 242 g/mol. The van der Waals surface area contributed by atoms with Gasteiger partial charge in [0.1, 0.15) is 5.82 Å². The number of nitrogens with zero attached hydrogens (tertiary/aromatic N) is 2. The molecular formula is C10H17N3O3S. The van der Waals surface area contributed by atoms with E-state index in [9.17, 15) is 8.42 Å². The van der Waals surface area contributed by atoms with Gasteiger partial charge < -0.3 is 10.1 Å². The van der Waals surface area contributed by atoms with Crippen LogP contribution in [0.1, 0.15) is 12.7 Å². The van der Waals surface area contributed by atoms with Gasteiger partial charge in [0.25, 0.3) is 10.0 Å². The molecule has 0 aliphatic carbocycles. The third-order valence-corrected chi connectivity index (χ3v) is 4.01. The summed E-state index contributed by atoms with van der Waals surface area (Å²) in [5.74, 6) is 0.617. The smallest absolute Gasteiger partial charge is 0.260 e. The molecule has 96 valence electrons. The summed E-state index contributed by atoms with van der Waals surface area (Å²) in [6.07, 6.45) is 3.41. The van der Waals surface area contributed by atoms with Gasteiger partial charge in [-0.2, -0.15) is 4.31 Å². The SMILES string of the molecule is C=CCN(CCO)S(=O)(=O)c1cnc(CC)[nH]1. The van der Waals surface area contributed by atoms with Crippen LogP contribution in [0, 0.1) is 0 Å². The number of aliphatic hydroxyl groups is 1. The summed E-state index contributed by atoms with van der Waals surface area (Å²) in [6, 6.07) is 0. The Labute approximate surface area is 101 Å². The third kappa shape index (κ3) is 3.15. The number of aromatic nitrogens is 2. The van der Waals surface area contributed by atoms with E-state index >= 15 is 0 Å². The van der Waals surface area contributed by atoms with E-state index in [2.05, 4.69) is 16.5 Å². The number of imidazole rings is 1. The van der Waals surface area contributed by atoms with Crippen LogP contribution in [0.15, 0.2) is 23.9 Å². The Morgan fingerprint density at radius 1 is 1.65 bits per heavy atom. The van der Waals surface area contributed by atoms with E-state index in [0.717, 1.165) is 4.31 Å². The fourth-order valence-electron chi connectivity index (χ4n) is 1.36. The summed E-state index contributed by atoms with van der Waals surface area (Å²) in [7, 11) is -3.63. The topological polar surface area (TPSA) is 86.3 Å². The fraction of sp³-hybridized carbons (Fsp3) is 0.500. The summed E-state index contributed by atoms with van der Waals surface area (Å²) < 4.78 is 25.4. The first-order valence-electron chi connectivity index (χ1n) is 5.32. The fourth-order valence-corrected chi connectivity index (χ4v) is 2.69. The predicted octanol–water partition coefficient (Wildman–Crippen LogP) is 0.141. The quantitative estimate of drug-likeness (QED) is 0.682. The number of aryl methyl sites for hydroxylation is 1. The molecule has 0 saturated carbocycles. The minimum Gasteiger partial charge on any atom is -0.395 e. The second-order valence-electron chi connectivity index (χ2n) is 3.42. The van der Waals surface area contributed by atoms with Crippen molar-refractivity contribution in [1.82, 2.24) is 14.3 Å². The number of aliphatic hydroxyl groups excluding tert-OH is 1. The largest absolute Gasteiger partial charge is 0.395 e. The van der Waals surface area contributed by atoms with Gasteiger partial charge in [-0.1, -0.05) is 13.0 Å². The van der Waals surface area contributed by atoms with Crippen molar-refractivity contribution in [1.29, 1.82) is 0 Å². The number of hydrogen-bond donors (Lipinski definition) is 2. The van der Waals surface area contributed by atoms with Crippen molar-refractivity contribution in [2.75, 3.05) is 19.7 Å². The second kappa shape index (κ2) is 5.95. The monoisotopic (exact) mass is 259 g/mol. The Morgan fingerprint density at radius 2 is 2.35 bits per heavy atom. The minimum absolute atomic E-state index is 0.0365. The molecule has 6 nitrogen and oxygen atoms in total. The van der Waals surface area contributed by atoms with Crippen LogP contribution in [0.25, 0.3) is 0 Å². The lowest BCUT2D eigenvalue weighted by molar-refractivity contribution is 0.260. The van der Waals surface area contributed by atoms with Crippen LogP contribution < -0.4 is 0 Å². The molecule has 0 spiro atoms. The molecule has 2 N–H and O–H groups in total. The molecule has 1 rings (SSSR count). The maximum absolute atomic E-state index is 12.1. The Morgan fingerprint density at radius 3 is 2.82 bits per heavy atom. The van der Waals surface area contributed by atoms with E-state index in [1.807, 2.05) is 6.92 Å². The molecule has 0 bridgehead atoms. The predicted molar refractivity (Wildman–Crippen MR) is 64.0 cm³/mol. The van der Waals surface area contributed by atoms with Crippen molar-refractivity contribution in [3.05, 3.63) is 24.7 Å². The first-order valence-corrected chi connectivity index (χ1v) is 6.76. The molecule has 7 heteroatoms. The number of hydrogen-bond acceptors (Lipinski definition) is 4. The number of rotatable bonds is 7. The number of aromatic amines is 1. The number of H-pyrrole nitrogens is 1. The third-order valence-electron chi connectivity index (χ3n) is 2.24. The zero-order valence-corrected chi connectivity index (χ0v) is 10.6. The van der Waals surface area contributed by atoms with Gasteiger partial charge in [-0.25, -0.2) is 13.4 Å². The van der Waals surface area contributed by atoms with E-state index in [-0.39, 0.29) is 24.7 Å². The van der Waals surface area contributed by atoms with E-state index in [0.29, 0.717) is 12.2 Å². The average molecular weight is 259 g/mol. The van der Waals surface area contributed by atoms with E-state index in [4.69, 9.17) is 5.11 Å². The summed E-state index contributed by atoms with van der Waals surface area (Å²) >= 11 is 0. The van der Waals surface area contributed by atoms with Gasteiger partial charge in [0.05, 0.1) is 12.8 Å². The molecule has 17 heavy (non-hydrogen) atoms. The van der Waals surface area contributed by atoms with Gasteiger partial charge >= 0.3 is 0 Å². The minimum atomic E-state index is -3.63. The van der Waals surface area contributed by atoms with Gasteiger partial charge in [0.2, 0.25) is 0 Å². The standard InChI is InChI=1S/C10H17N3O3S/c1-3-5-13(6-7-14)17(15,16)10-8-11-9(4-2)12-10/h3,8,14H,1,4-7H2,2H3,(H,11,12). The molecule has 0 amide bonds. The molecule has 0 atom stereocenters. The number of sulfonamides is 1. The Kier molecular flexibility index (Phi) is 4.86. The van der Waals surface area contributed by atoms with Crippen molar-refractivity contribution in [3.8, 4) is 0 Å². The summed E-state index contributed by atoms with van der Waals surface area (Å²) in [5, 5.41) is 8.90. The highest BCUT2D eigenvalue weighted by Gasteiger charge is 2.24. The molecule has 1 heterocycles. The maximum Gasteiger partial charge on any atom is 0.260 e. The van der Waals surface area contributed by atoms with Crippen LogP contribution in [-0.2, 0) is 16.4 Å². The summed E-state index contributed by atoms with van der Waals surface area (Å²) in [5.41, 5.74) is 0. The first-order chi connectivity index (χ1) is 8.06. The lowest BCUT2D eigenvalue weighted by Gasteiger charge is -2.18. The van der Waals surface area contributed by atoms with E-state index < -0.39 is 10.0 Å². The van der Waals surface area contributed by atoms with E-state index in [1.165, 1.54) is 12.3 Å². The molecule has 0 aliphatic rings. The molecule has 1 aromatic heterocycles. The Bertz CT molecular complexity index is 467. The molecule has 1 aromatic rings. The van der Waals surface area contributed by atoms with Crippen LogP contribution in [0.3, 0.4) is 0 Å². The van der Waals surface area contributed by atoms with Crippen LogP contribution >= 0.6 is 0 Å². The Hall–Kier alpha value is -1.18. The molecule has 0 aromatic carbocycles. The normalized spacial score (nSPS) is 11.9. The van der Waals surface area contributed by atoms with Crippen molar-refractivity contribution >= 4 is 10.0 Å². The second-order valence-corrected chi connectivity index (χ2v) is 5.33. The lowest BCUT2D eigenvalue weighted by Crippen LogP contribution is -2.34. The van der Waals surface area contributed by atoms with Crippen LogP contribution in [-0.4, -0.2) is 47.5 Å². The number of nitrogens with one attached hydrogen (secondary N) is 1. The lowest BCUT2D eigenvalue weighted by atomic mass is 10.5. The van der Waals surface area contributed by atoms with Gasteiger partial charge in [0.15, 0.2) is 5.03 Å². The van der Waals surface area contributed by atoms with Crippen LogP contribution in [0.4, 0.5) is 0 Å². The van der Waals surface area contributed by atoms with Gasteiger partial charge in [-0.05, 0) is 0 Å². The molecule has 0 radical (unpaired) electrons. The van der Waals surface area contributed by atoms with Crippen LogP contribution in [0.2, 0.25) is 0 Å². The first kappa shape index (κ1) is 13.9. The molecule has 0 unspecified atom stereocenters. The molecule has 0 aliphatic heterocycles. The molecule has 0 saturated heterocycles. The highest BCUT2D eigenvalue weighted by Crippen LogP contribution is 2.13. The van der Waals surface area contributed by atoms with Crippen molar-refractivity contribution in [3.63, 3.8) is 0 Å². The zero-order valence-electron chi connectivity index (χ0n) is 9.76. The highest BCUT2D eigenvalue weighted by atomic mass is 32.2. The van der Waals surface area contributed by atoms with Gasteiger partial charge in [-0.3, -0.25) is 0 Å². The summed E-state index contributed by atoms with van der Waals surface area (Å²) in [6.45, 7) is 5.34. The Balaban J connectivity index is 3.02. The highest BCUT2D eigenvalue weighted by molar-refractivity contribution is 7.89. The van der Waals surface area contributed by atoms with Gasteiger partial charge in [-0.15, -0.1) is 6.58 Å². The van der Waals surface area contributed by atoms with E-state index in [1.54, 1.807) is 0 Å². The maximum atomic E-state index is 12.1. The zero-order chi connectivity index (χ0) is 12.9. The molecule has 0 fully saturated rings. The average Bonchev–Trinajstić information content (AvgIpc) is 2.78. The summed E-state index contributed by atoms with van der Waals surface area (Å²) in [4.78, 5) is 6.70. The van der Waals surface area contributed by atoms with Crippen molar-refractivity contribution in [2.24, 2.45) is 0 Å². The van der Waals surface area contributed by atoms with Crippen LogP contribution in [0.5, 0.6) is 0 Å². The van der Waals surface area contributed by atoms with Gasteiger partial charge in [0, 0.05) is 19.5 Å².